The van der Waals surface area contributed by atoms with Crippen LogP contribution in [-0.2, 0) is 6.42 Å². The second kappa shape index (κ2) is 4.47. The summed E-state index contributed by atoms with van der Waals surface area (Å²) in [5, 5.41) is 11.9. The quantitative estimate of drug-likeness (QED) is 0.636. The van der Waals surface area contributed by atoms with E-state index >= 15 is 0 Å². The van der Waals surface area contributed by atoms with Crippen molar-refractivity contribution in [2.24, 2.45) is 5.16 Å². The fraction of sp³-hybridized carbons (Fsp3) is 0.364. The summed E-state index contributed by atoms with van der Waals surface area (Å²) >= 11 is 0. The number of alkyl halides is 2. The van der Waals surface area contributed by atoms with E-state index in [4.69, 9.17) is 9.94 Å². The molecule has 5 heteroatoms. The van der Waals surface area contributed by atoms with Crippen molar-refractivity contribution < 1.29 is 18.7 Å². The summed E-state index contributed by atoms with van der Waals surface area (Å²) in [6.07, 6.45) is -1.21. The molecule has 1 aromatic carbocycles. The highest BCUT2D eigenvalue weighted by molar-refractivity contribution is 6.04. The largest absolute Gasteiger partial charge is 0.487 e. The van der Waals surface area contributed by atoms with E-state index in [1.807, 2.05) is 0 Å². The zero-order valence-electron chi connectivity index (χ0n) is 8.49. The van der Waals surface area contributed by atoms with Crippen LogP contribution in [0.15, 0.2) is 23.4 Å². The summed E-state index contributed by atoms with van der Waals surface area (Å²) in [7, 11) is 0. The van der Waals surface area contributed by atoms with E-state index in [1.165, 1.54) is 0 Å². The summed E-state index contributed by atoms with van der Waals surface area (Å²) < 4.78 is 29.1. The van der Waals surface area contributed by atoms with Crippen LogP contribution < -0.4 is 4.74 Å². The standard InChI is InChI=1S/C11H11F2NO2/c12-11(13)6-16-10-3-1-2-7-8(10)4-5-9(7)14-15/h1-3,11,15H,4-6H2. The minimum absolute atomic E-state index is 0.455. The summed E-state index contributed by atoms with van der Waals surface area (Å²) in [6, 6.07) is 5.16. The summed E-state index contributed by atoms with van der Waals surface area (Å²) in [5.41, 5.74) is 2.21. The van der Waals surface area contributed by atoms with Gasteiger partial charge >= 0.3 is 0 Å². The minimum atomic E-state index is -2.48. The van der Waals surface area contributed by atoms with Crippen LogP contribution in [0.2, 0.25) is 0 Å². The summed E-state index contributed by atoms with van der Waals surface area (Å²) in [6.45, 7) is -0.609. The smallest absolute Gasteiger partial charge is 0.272 e. The number of nitrogens with zero attached hydrogens (tertiary/aromatic N) is 1. The van der Waals surface area contributed by atoms with Crippen LogP contribution in [0.1, 0.15) is 17.5 Å². The van der Waals surface area contributed by atoms with Gasteiger partial charge in [0, 0.05) is 11.1 Å². The monoisotopic (exact) mass is 227 g/mol. The van der Waals surface area contributed by atoms with Crippen LogP contribution in [0.5, 0.6) is 5.75 Å². The predicted molar refractivity (Wildman–Crippen MR) is 54.6 cm³/mol. The van der Waals surface area contributed by atoms with Crippen molar-refractivity contribution in [3.8, 4) is 5.75 Å². The predicted octanol–water partition coefficient (Wildman–Crippen LogP) is 2.46. The highest BCUT2D eigenvalue weighted by Crippen LogP contribution is 2.31. The Bertz CT molecular complexity index is 418. The maximum Gasteiger partial charge on any atom is 0.272 e. The fourth-order valence-corrected chi connectivity index (χ4v) is 1.86. The average molecular weight is 227 g/mol. The molecule has 1 N–H and O–H groups in total. The number of hydrogen-bond acceptors (Lipinski definition) is 3. The van der Waals surface area contributed by atoms with E-state index in [0.29, 0.717) is 24.3 Å². The zero-order chi connectivity index (χ0) is 11.5. The summed E-state index contributed by atoms with van der Waals surface area (Å²) in [4.78, 5) is 0. The first-order chi connectivity index (χ1) is 7.72. The molecule has 2 rings (SSSR count). The van der Waals surface area contributed by atoms with Gasteiger partial charge in [-0.05, 0) is 18.9 Å². The Kier molecular flexibility index (Phi) is 3.03. The molecule has 0 bridgehead atoms. The fourth-order valence-electron chi connectivity index (χ4n) is 1.86. The molecule has 16 heavy (non-hydrogen) atoms. The van der Waals surface area contributed by atoms with Crippen LogP contribution >= 0.6 is 0 Å². The van der Waals surface area contributed by atoms with Gasteiger partial charge in [0.15, 0.2) is 0 Å². The van der Waals surface area contributed by atoms with Gasteiger partial charge in [0.2, 0.25) is 0 Å². The number of ether oxygens (including phenoxy) is 1. The highest BCUT2D eigenvalue weighted by Gasteiger charge is 2.22. The molecule has 0 fully saturated rings. The second-order valence-corrected chi connectivity index (χ2v) is 3.53. The lowest BCUT2D eigenvalue weighted by Crippen LogP contribution is -2.08. The Balaban J connectivity index is 2.25. The van der Waals surface area contributed by atoms with Crippen molar-refractivity contribution in [3.05, 3.63) is 29.3 Å². The van der Waals surface area contributed by atoms with Gasteiger partial charge in [-0.1, -0.05) is 17.3 Å². The molecule has 0 saturated carbocycles. The lowest BCUT2D eigenvalue weighted by molar-refractivity contribution is 0.0815. The Labute approximate surface area is 91.3 Å². The van der Waals surface area contributed by atoms with E-state index in [9.17, 15) is 8.78 Å². The van der Waals surface area contributed by atoms with Gasteiger partial charge in [0.1, 0.15) is 12.4 Å². The molecule has 3 nitrogen and oxygen atoms in total. The topological polar surface area (TPSA) is 41.8 Å². The Hall–Kier alpha value is -1.65. The number of fused-ring (bicyclic) bond motifs is 1. The first-order valence-corrected chi connectivity index (χ1v) is 4.96. The third-order valence-corrected chi connectivity index (χ3v) is 2.54. The normalized spacial score (nSPS) is 16.8. The van der Waals surface area contributed by atoms with E-state index in [-0.39, 0.29) is 0 Å². The number of benzene rings is 1. The number of halogens is 2. The van der Waals surface area contributed by atoms with Crippen molar-refractivity contribution >= 4 is 5.71 Å². The molecule has 1 aliphatic carbocycles. The maximum absolute atomic E-state index is 12.0. The van der Waals surface area contributed by atoms with Crippen molar-refractivity contribution in [3.63, 3.8) is 0 Å². The van der Waals surface area contributed by atoms with E-state index in [0.717, 1.165) is 11.1 Å². The molecule has 0 aliphatic heterocycles. The van der Waals surface area contributed by atoms with Crippen LogP contribution in [0.3, 0.4) is 0 Å². The molecular weight excluding hydrogens is 216 g/mol. The SMILES string of the molecule is ON=C1CCc2c(OCC(F)F)cccc21. The molecule has 1 aromatic rings. The zero-order valence-corrected chi connectivity index (χ0v) is 8.49. The van der Waals surface area contributed by atoms with Crippen molar-refractivity contribution in [2.75, 3.05) is 6.61 Å². The molecule has 0 spiro atoms. The van der Waals surface area contributed by atoms with Crippen LogP contribution in [0.4, 0.5) is 8.78 Å². The van der Waals surface area contributed by atoms with Crippen LogP contribution in [0, 0.1) is 0 Å². The highest BCUT2D eigenvalue weighted by atomic mass is 19.3. The van der Waals surface area contributed by atoms with Gasteiger partial charge in [-0.3, -0.25) is 0 Å². The van der Waals surface area contributed by atoms with Gasteiger partial charge in [0.05, 0.1) is 5.71 Å². The van der Waals surface area contributed by atoms with E-state index < -0.39 is 13.0 Å². The lowest BCUT2D eigenvalue weighted by atomic mass is 10.1. The lowest BCUT2D eigenvalue weighted by Gasteiger charge is -2.09. The minimum Gasteiger partial charge on any atom is -0.487 e. The van der Waals surface area contributed by atoms with Crippen molar-refractivity contribution in [2.45, 2.75) is 19.3 Å². The number of hydrogen-bond donors (Lipinski definition) is 1. The van der Waals surface area contributed by atoms with Crippen molar-refractivity contribution in [1.82, 2.24) is 0 Å². The molecular formula is C11H11F2NO2. The molecule has 0 heterocycles. The molecule has 0 saturated heterocycles. The average Bonchev–Trinajstić information content (AvgIpc) is 2.69. The Morgan fingerprint density at radius 2 is 2.19 bits per heavy atom. The number of rotatable bonds is 3. The number of oxime groups is 1. The van der Waals surface area contributed by atoms with Gasteiger partial charge in [-0.15, -0.1) is 0 Å². The van der Waals surface area contributed by atoms with Gasteiger partial charge < -0.3 is 9.94 Å². The van der Waals surface area contributed by atoms with E-state index in [2.05, 4.69) is 5.16 Å². The Morgan fingerprint density at radius 1 is 1.38 bits per heavy atom. The van der Waals surface area contributed by atoms with E-state index in [1.54, 1.807) is 18.2 Å². The summed E-state index contributed by atoms with van der Waals surface area (Å²) in [5.74, 6) is 0.455. The third kappa shape index (κ3) is 1.98. The van der Waals surface area contributed by atoms with Gasteiger partial charge in [-0.25, -0.2) is 8.78 Å². The first-order valence-electron chi connectivity index (χ1n) is 4.96. The molecule has 0 aromatic heterocycles. The molecule has 86 valence electrons. The molecule has 0 unspecified atom stereocenters. The molecule has 0 amide bonds. The first kappa shape index (κ1) is 10.9. The van der Waals surface area contributed by atoms with Crippen LogP contribution in [-0.4, -0.2) is 24.0 Å². The molecule has 0 radical (unpaired) electrons. The van der Waals surface area contributed by atoms with Crippen LogP contribution in [0.25, 0.3) is 0 Å². The second-order valence-electron chi connectivity index (χ2n) is 3.53. The third-order valence-electron chi connectivity index (χ3n) is 2.54. The van der Waals surface area contributed by atoms with Gasteiger partial charge in [-0.2, -0.15) is 0 Å². The van der Waals surface area contributed by atoms with Gasteiger partial charge in [0.25, 0.3) is 6.43 Å². The Morgan fingerprint density at radius 3 is 2.88 bits per heavy atom. The van der Waals surface area contributed by atoms with Crippen molar-refractivity contribution in [1.29, 1.82) is 0 Å². The molecule has 0 atom stereocenters. The maximum atomic E-state index is 12.0. The molecule has 1 aliphatic rings.